The molecule has 6 nitrogen and oxygen atoms in total. The number of hydrogen-bond acceptors (Lipinski definition) is 4. The first-order valence-electron chi connectivity index (χ1n) is 6.39. The summed E-state index contributed by atoms with van der Waals surface area (Å²) in [6, 6.07) is 7.24. The second-order valence-corrected chi connectivity index (χ2v) is 4.20. The summed E-state index contributed by atoms with van der Waals surface area (Å²) in [5, 5.41) is 4.60. The molecule has 0 aliphatic rings. The molecule has 0 unspecified atom stereocenters. The van der Waals surface area contributed by atoms with Gasteiger partial charge in [-0.05, 0) is 24.3 Å². The van der Waals surface area contributed by atoms with Crippen LogP contribution < -0.4 is 20.1 Å². The van der Waals surface area contributed by atoms with Gasteiger partial charge in [0.15, 0.2) is 5.75 Å². The smallest absolute Gasteiger partial charge is 0.404 e. The van der Waals surface area contributed by atoms with E-state index in [0.29, 0.717) is 0 Å². The van der Waals surface area contributed by atoms with E-state index in [9.17, 15) is 18.0 Å². The fraction of sp³-hybridized carbons (Fsp3) is 0.0667. The van der Waals surface area contributed by atoms with Gasteiger partial charge in [0.05, 0.1) is 5.69 Å². The van der Waals surface area contributed by atoms with Gasteiger partial charge >= 0.3 is 12.4 Å². The number of halogens is 3. The molecule has 124 valence electrons. The van der Waals surface area contributed by atoms with Crippen LogP contribution in [0, 0.1) is 12.5 Å². The second-order valence-electron chi connectivity index (χ2n) is 4.20. The molecule has 0 aliphatic heterocycles. The Balaban J connectivity index is 2.13. The Hall–Kier alpha value is -3.41. The highest BCUT2D eigenvalue weighted by Crippen LogP contribution is 2.30. The van der Waals surface area contributed by atoms with E-state index >= 15 is 0 Å². The Morgan fingerprint density at radius 1 is 1.12 bits per heavy atom. The summed E-state index contributed by atoms with van der Waals surface area (Å²) >= 11 is 0. The van der Waals surface area contributed by atoms with Gasteiger partial charge in [-0.2, -0.15) is 0 Å². The summed E-state index contributed by atoms with van der Waals surface area (Å²) in [7, 11) is 0. The van der Waals surface area contributed by atoms with Gasteiger partial charge in [-0.1, -0.05) is 18.6 Å². The molecule has 0 saturated carbocycles. The highest BCUT2D eigenvalue weighted by atomic mass is 19.4. The molecule has 0 fully saturated rings. The summed E-state index contributed by atoms with van der Waals surface area (Å²) in [6.07, 6.45) is 3.41. The minimum atomic E-state index is -4.88. The molecule has 0 saturated heterocycles. The van der Waals surface area contributed by atoms with Crippen molar-refractivity contribution >= 4 is 17.4 Å². The lowest BCUT2D eigenvalue weighted by atomic mass is 10.3. The summed E-state index contributed by atoms with van der Waals surface area (Å²) < 4.78 is 45.7. The molecule has 2 rings (SSSR count). The number of benzene rings is 1. The number of hydrogen-bond donors (Lipinski definition) is 2. The zero-order chi connectivity index (χ0) is 17.6. The minimum absolute atomic E-state index is 0.0324. The number of carbonyl (C=O) groups excluding carboxylic acids is 1. The number of pyridine rings is 1. The van der Waals surface area contributed by atoms with Crippen molar-refractivity contribution in [3.8, 4) is 24.2 Å². The van der Waals surface area contributed by atoms with E-state index in [1.807, 2.05) is 6.11 Å². The molecule has 2 N–H and O–H groups in total. The topological polar surface area (TPSA) is 72.5 Å². The number of aromatic nitrogens is 1. The Morgan fingerprint density at radius 2 is 1.79 bits per heavy atom. The Bertz CT molecular complexity index is 772. The van der Waals surface area contributed by atoms with Crippen LogP contribution in [0.4, 0.5) is 29.3 Å². The van der Waals surface area contributed by atoms with Crippen LogP contribution in [0.3, 0.4) is 0 Å². The average Bonchev–Trinajstić information content (AvgIpc) is 2.50. The van der Waals surface area contributed by atoms with Gasteiger partial charge in [0.1, 0.15) is 11.8 Å². The molecule has 0 spiro atoms. The van der Waals surface area contributed by atoms with Crippen LogP contribution in [0.25, 0.3) is 0 Å². The van der Waals surface area contributed by atoms with Crippen LogP contribution in [0.2, 0.25) is 0 Å². The lowest BCUT2D eigenvalue weighted by Crippen LogP contribution is -2.22. The second kappa shape index (κ2) is 7.23. The van der Waals surface area contributed by atoms with Crippen molar-refractivity contribution in [2.24, 2.45) is 0 Å². The first-order valence-corrected chi connectivity index (χ1v) is 6.39. The van der Waals surface area contributed by atoms with Gasteiger partial charge in [-0.15, -0.1) is 13.2 Å². The fourth-order valence-corrected chi connectivity index (χ4v) is 1.68. The Labute approximate surface area is 134 Å². The first kappa shape index (κ1) is 17.0. The van der Waals surface area contributed by atoms with Gasteiger partial charge in [0.25, 0.3) is 5.88 Å². The van der Waals surface area contributed by atoms with Crippen LogP contribution in [0.15, 0.2) is 42.6 Å². The highest BCUT2D eigenvalue weighted by molar-refractivity contribution is 6.01. The maximum absolute atomic E-state index is 12.3. The molecule has 1 aromatic heterocycles. The maximum Gasteiger partial charge on any atom is 0.573 e. The van der Waals surface area contributed by atoms with Crippen molar-refractivity contribution in [3.05, 3.63) is 42.6 Å². The van der Waals surface area contributed by atoms with E-state index in [1.165, 1.54) is 36.5 Å². The third-order valence-electron chi connectivity index (χ3n) is 2.54. The summed E-state index contributed by atoms with van der Waals surface area (Å²) in [4.78, 5) is 15.8. The Kier molecular flexibility index (Phi) is 5.11. The van der Waals surface area contributed by atoms with Gasteiger partial charge < -0.3 is 20.1 Å². The maximum atomic E-state index is 12.3. The van der Waals surface area contributed by atoms with Crippen LogP contribution >= 0.6 is 0 Å². The number of alkyl halides is 3. The van der Waals surface area contributed by atoms with E-state index in [-0.39, 0.29) is 17.3 Å². The first-order chi connectivity index (χ1) is 11.4. The van der Waals surface area contributed by atoms with Crippen LogP contribution in [0.5, 0.6) is 11.6 Å². The van der Waals surface area contributed by atoms with Crippen LogP contribution in [-0.4, -0.2) is 17.4 Å². The molecule has 0 bridgehead atoms. The number of ether oxygens (including phenoxy) is 2. The number of para-hydroxylation sites is 2. The molecule has 2 aromatic rings. The predicted molar refractivity (Wildman–Crippen MR) is 79.5 cm³/mol. The largest absolute Gasteiger partial charge is 0.573 e. The number of nitrogens with one attached hydrogen (secondary N) is 2. The zero-order valence-electron chi connectivity index (χ0n) is 11.9. The molecule has 24 heavy (non-hydrogen) atoms. The average molecular weight is 337 g/mol. The number of rotatable bonds is 4. The van der Waals surface area contributed by atoms with Gasteiger partial charge in [0, 0.05) is 6.20 Å². The fourth-order valence-electron chi connectivity index (χ4n) is 1.68. The van der Waals surface area contributed by atoms with Crippen LogP contribution in [0.1, 0.15) is 0 Å². The molecular weight excluding hydrogens is 327 g/mol. The predicted octanol–water partition coefficient (Wildman–Crippen LogP) is 3.59. The summed E-state index contributed by atoms with van der Waals surface area (Å²) in [6.45, 7) is 0. The van der Waals surface area contributed by atoms with E-state index in [1.54, 1.807) is 0 Å². The van der Waals surface area contributed by atoms with Gasteiger partial charge in [-0.3, -0.25) is 0 Å². The molecule has 0 aliphatic carbocycles. The van der Waals surface area contributed by atoms with Crippen molar-refractivity contribution in [2.75, 3.05) is 10.6 Å². The van der Waals surface area contributed by atoms with Gasteiger partial charge in [0.2, 0.25) is 0 Å². The molecule has 2 amide bonds. The lowest BCUT2D eigenvalue weighted by molar-refractivity contribution is -0.274. The monoisotopic (exact) mass is 337 g/mol. The van der Waals surface area contributed by atoms with Crippen molar-refractivity contribution in [3.63, 3.8) is 0 Å². The number of urea groups is 1. The minimum Gasteiger partial charge on any atom is -0.404 e. The molecule has 0 radical (unpaired) electrons. The third kappa shape index (κ3) is 4.81. The van der Waals surface area contributed by atoms with E-state index < -0.39 is 18.1 Å². The van der Waals surface area contributed by atoms with Gasteiger partial charge in [-0.25, -0.2) is 9.78 Å². The SMILES string of the molecule is C#COc1ncccc1NC(=O)Nc1ccccc1OC(F)(F)F. The van der Waals surface area contributed by atoms with Crippen molar-refractivity contribution in [2.45, 2.75) is 6.36 Å². The molecule has 1 aromatic carbocycles. The number of amides is 2. The lowest BCUT2D eigenvalue weighted by Gasteiger charge is -2.14. The quantitative estimate of drug-likeness (QED) is 0.836. The molecular formula is C15H10F3N3O3. The van der Waals surface area contributed by atoms with E-state index in [2.05, 4.69) is 20.4 Å². The zero-order valence-corrected chi connectivity index (χ0v) is 11.9. The number of anilines is 2. The standard InChI is InChI=1S/C15H10F3N3O3/c1-2-23-13-11(7-5-9-19-13)21-14(22)20-10-6-3-4-8-12(10)24-15(16,17)18/h1,3-9H,(H2,20,21,22). The Morgan fingerprint density at radius 3 is 2.50 bits per heavy atom. The molecule has 9 heteroatoms. The molecule has 0 atom stereocenters. The summed E-state index contributed by atoms with van der Waals surface area (Å²) in [5.74, 6) is -0.582. The summed E-state index contributed by atoms with van der Waals surface area (Å²) in [5.41, 5.74) is -0.0298. The van der Waals surface area contributed by atoms with Crippen molar-refractivity contribution in [1.29, 1.82) is 0 Å². The van der Waals surface area contributed by atoms with E-state index in [0.717, 1.165) is 6.07 Å². The normalized spacial score (nSPS) is 10.4. The van der Waals surface area contributed by atoms with Crippen LogP contribution in [-0.2, 0) is 0 Å². The molecule has 1 heterocycles. The number of terminal acetylenes is 1. The number of nitrogens with zero attached hydrogens (tertiary/aromatic N) is 1. The van der Waals surface area contributed by atoms with E-state index in [4.69, 9.17) is 11.2 Å². The van der Waals surface area contributed by atoms with Crippen molar-refractivity contribution < 1.29 is 27.4 Å². The number of carbonyl (C=O) groups is 1. The van der Waals surface area contributed by atoms with Crippen molar-refractivity contribution in [1.82, 2.24) is 4.98 Å². The highest BCUT2D eigenvalue weighted by Gasteiger charge is 2.32. The third-order valence-corrected chi connectivity index (χ3v) is 2.54.